The van der Waals surface area contributed by atoms with Crippen LogP contribution in [-0.4, -0.2) is 58.0 Å². The number of hydrogen-bond donors (Lipinski definition) is 0. The lowest BCUT2D eigenvalue weighted by Gasteiger charge is -2.21. The van der Waals surface area contributed by atoms with Crippen LogP contribution in [0.5, 0.6) is 11.5 Å². The van der Waals surface area contributed by atoms with E-state index in [0.29, 0.717) is 31.9 Å². The third-order valence-electron chi connectivity index (χ3n) is 6.59. The first-order valence-corrected chi connectivity index (χ1v) is 13.4. The van der Waals surface area contributed by atoms with Crippen molar-refractivity contribution in [1.29, 1.82) is 0 Å². The van der Waals surface area contributed by atoms with Gasteiger partial charge >= 0.3 is 0 Å². The van der Waals surface area contributed by atoms with E-state index in [1.807, 2.05) is 36.4 Å². The van der Waals surface area contributed by atoms with Crippen LogP contribution < -0.4 is 9.47 Å². The minimum absolute atomic E-state index is 0.262. The Balaban J connectivity index is 1.29. The summed E-state index contributed by atoms with van der Waals surface area (Å²) < 4.78 is 44.8. The average Bonchev–Trinajstić information content (AvgIpc) is 3.15. The van der Waals surface area contributed by atoms with Crippen LogP contribution in [0.2, 0.25) is 0 Å². The molecule has 7 nitrogen and oxygen atoms in total. The second kappa shape index (κ2) is 10.3. The van der Waals surface area contributed by atoms with Crippen molar-refractivity contribution in [2.75, 3.05) is 40.4 Å². The molecule has 1 aliphatic rings. The maximum atomic E-state index is 13.2. The van der Waals surface area contributed by atoms with Crippen LogP contribution in [0.4, 0.5) is 0 Å². The van der Waals surface area contributed by atoms with Crippen LogP contribution in [0.3, 0.4) is 0 Å². The summed E-state index contributed by atoms with van der Waals surface area (Å²) in [6, 6.07) is 22.8. The molecule has 8 heteroatoms. The number of furan rings is 1. The van der Waals surface area contributed by atoms with E-state index in [4.69, 9.17) is 13.9 Å². The van der Waals surface area contributed by atoms with E-state index < -0.39 is 10.0 Å². The van der Waals surface area contributed by atoms with Gasteiger partial charge in [-0.25, -0.2) is 8.42 Å². The zero-order valence-corrected chi connectivity index (χ0v) is 21.3. The summed E-state index contributed by atoms with van der Waals surface area (Å²) in [6.45, 7) is 2.97. The summed E-state index contributed by atoms with van der Waals surface area (Å²) in [5, 5.41) is 1.03. The molecule has 5 rings (SSSR count). The SMILES string of the molecule is COc1cccc(S(=O)(=O)N2CCCN(Cc3cc4cc(-c5ccccc5OC)ccc4o3)CC2)c1. The van der Waals surface area contributed by atoms with Gasteiger partial charge in [0, 0.05) is 36.7 Å². The molecular weight excluding hydrogens is 476 g/mol. The zero-order chi connectivity index (χ0) is 25.1. The maximum Gasteiger partial charge on any atom is 0.243 e. The Morgan fingerprint density at radius 2 is 1.72 bits per heavy atom. The summed E-state index contributed by atoms with van der Waals surface area (Å²) in [7, 11) is -0.366. The molecule has 0 aliphatic carbocycles. The minimum atomic E-state index is -3.58. The molecule has 0 amide bonds. The molecule has 0 saturated carbocycles. The number of methoxy groups -OCH3 is 2. The van der Waals surface area contributed by atoms with E-state index in [-0.39, 0.29) is 4.90 Å². The van der Waals surface area contributed by atoms with E-state index >= 15 is 0 Å². The lowest BCUT2D eigenvalue weighted by atomic mass is 10.0. The number of nitrogens with zero attached hydrogens (tertiary/aromatic N) is 2. The molecule has 188 valence electrons. The molecule has 2 heterocycles. The standard InChI is InChI=1S/C28H30N2O5S/c1-33-23-7-5-8-25(19-23)36(31,32)30-14-6-13-29(15-16-30)20-24-18-22-17-21(11-12-27(22)35-24)26-9-3-4-10-28(26)34-2/h3-5,7-12,17-19H,6,13-16,20H2,1-2H3. The van der Waals surface area contributed by atoms with Crippen molar-refractivity contribution in [1.82, 2.24) is 9.21 Å². The van der Waals surface area contributed by atoms with Gasteiger partial charge in [-0.2, -0.15) is 4.31 Å². The summed E-state index contributed by atoms with van der Waals surface area (Å²) in [5.41, 5.74) is 2.94. The van der Waals surface area contributed by atoms with Crippen molar-refractivity contribution in [2.24, 2.45) is 0 Å². The molecule has 0 radical (unpaired) electrons. The lowest BCUT2D eigenvalue weighted by molar-refractivity contribution is 0.258. The van der Waals surface area contributed by atoms with Crippen molar-refractivity contribution < 1.29 is 22.3 Å². The monoisotopic (exact) mass is 506 g/mol. The van der Waals surface area contributed by atoms with Gasteiger partial charge in [0.25, 0.3) is 0 Å². The Kier molecular flexibility index (Phi) is 7.00. The first-order chi connectivity index (χ1) is 17.5. The largest absolute Gasteiger partial charge is 0.497 e. The molecule has 0 N–H and O–H groups in total. The fourth-order valence-corrected chi connectivity index (χ4v) is 6.21. The van der Waals surface area contributed by atoms with Gasteiger partial charge in [-0.05, 0) is 54.9 Å². The van der Waals surface area contributed by atoms with Crippen LogP contribution in [0.1, 0.15) is 12.2 Å². The number of para-hydroxylation sites is 1. The molecule has 4 aromatic rings. The van der Waals surface area contributed by atoms with E-state index in [1.165, 1.54) is 7.11 Å². The molecule has 0 spiro atoms. The summed E-state index contributed by atoms with van der Waals surface area (Å²) >= 11 is 0. The van der Waals surface area contributed by atoms with E-state index in [2.05, 4.69) is 17.0 Å². The predicted molar refractivity (Wildman–Crippen MR) is 140 cm³/mol. The molecular formula is C28H30N2O5S. The van der Waals surface area contributed by atoms with Gasteiger partial charge in [0.15, 0.2) is 0 Å². The Morgan fingerprint density at radius 3 is 2.56 bits per heavy atom. The van der Waals surface area contributed by atoms with Crippen molar-refractivity contribution in [3.8, 4) is 22.6 Å². The number of ether oxygens (including phenoxy) is 2. The Labute approximate surface area is 211 Å². The third-order valence-corrected chi connectivity index (χ3v) is 8.49. The quantitative estimate of drug-likeness (QED) is 0.351. The molecule has 0 atom stereocenters. The Morgan fingerprint density at radius 1 is 0.861 bits per heavy atom. The van der Waals surface area contributed by atoms with Gasteiger partial charge in [-0.3, -0.25) is 4.90 Å². The summed E-state index contributed by atoms with van der Waals surface area (Å²) in [5.74, 6) is 2.23. The molecule has 1 aromatic heterocycles. The molecule has 0 bridgehead atoms. The second-order valence-corrected chi connectivity index (χ2v) is 10.8. The highest BCUT2D eigenvalue weighted by Gasteiger charge is 2.27. The van der Waals surface area contributed by atoms with Gasteiger partial charge in [-0.15, -0.1) is 0 Å². The number of hydrogen-bond acceptors (Lipinski definition) is 6. The third kappa shape index (κ3) is 4.97. The molecule has 1 aliphatic heterocycles. The van der Waals surface area contributed by atoms with Crippen LogP contribution in [0, 0.1) is 0 Å². The average molecular weight is 507 g/mol. The predicted octanol–water partition coefficient (Wildman–Crippen LogP) is 5.01. The van der Waals surface area contributed by atoms with E-state index in [0.717, 1.165) is 46.6 Å². The molecule has 0 unspecified atom stereocenters. The van der Waals surface area contributed by atoms with Crippen molar-refractivity contribution >= 4 is 21.0 Å². The highest BCUT2D eigenvalue weighted by molar-refractivity contribution is 7.89. The normalized spacial score (nSPS) is 15.6. The van der Waals surface area contributed by atoms with Gasteiger partial charge in [0.1, 0.15) is 22.8 Å². The first kappa shape index (κ1) is 24.4. The number of sulfonamides is 1. The Hall–Kier alpha value is -3.33. The fourth-order valence-electron chi connectivity index (χ4n) is 4.70. The van der Waals surface area contributed by atoms with Gasteiger partial charge < -0.3 is 13.9 Å². The van der Waals surface area contributed by atoms with Crippen LogP contribution >= 0.6 is 0 Å². The zero-order valence-electron chi connectivity index (χ0n) is 20.5. The van der Waals surface area contributed by atoms with E-state index in [1.54, 1.807) is 35.7 Å². The van der Waals surface area contributed by atoms with Crippen molar-refractivity contribution in [3.63, 3.8) is 0 Å². The first-order valence-electron chi connectivity index (χ1n) is 12.0. The van der Waals surface area contributed by atoms with E-state index in [9.17, 15) is 8.42 Å². The van der Waals surface area contributed by atoms with Crippen molar-refractivity contribution in [2.45, 2.75) is 17.9 Å². The number of fused-ring (bicyclic) bond motifs is 1. The van der Waals surface area contributed by atoms with Gasteiger partial charge in [-0.1, -0.05) is 30.3 Å². The highest BCUT2D eigenvalue weighted by Crippen LogP contribution is 2.33. The molecule has 3 aromatic carbocycles. The van der Waals surface area contributed by atoms with Crippen molar-refractivity contribution in [3.05, 3.63) is 78.6 Å². The molecule has 1 fully saturated rings. The summed E-state index contributed by atoms with van der Waals surface area (Å²) in [6.07, 6.45) is 0.751. The number of rotatable bonds is 7. The van der Waals surface area contributed by atoms with Crippen LogP contribution in [-0.2, 0) is 16.6 Å². The van der Waals surface area contributed by atoms with Crippen LogP contribution in [0.25, 0.3) is 22.1 Å². The second-order valence-electron chi connectivity index (χ2n) is 8.88. The summed E-state index contributed by atoms with van der Waals surface area (Å²) in [4.78, 5) is 2.51. The highest BCUT2D eigenvalue weighted by atomic mass is 32.2. The molecule has 1 saturated heterocycles. The lowest BCUT2D eigenvalue weighted by Crippen LogP contribution is -2.35. The van der Waals surface area contributed by atoms with Gasteiger partial charge in [0.05, 0.1) is 25.7 Å². The smallest absolute Gasteiger partial charge is 0.243 e. The number of benzene rings is 3. The van der Waals surface area contributed by atoms with Crippen LogP contribution in [0.15, 0.2) is 82.1 Å². The van der Waals surface area contributed by atoms with Gasteiger partial charge in [0.2, 0.25) is 10.0 Å². The molecule has 36 heavy (non-hydrogen) atoms. The Bertz CT molecular complexity index is 1460. The minimum Gasteiger partial charge on any atom is -0.497 e. The topological polar surface area (TPSA) is 72.2 Å². The maximum absolute atomic E-state index is 13.2. The fraction of sp³-hybridized carbons (Fsp3) is 0.286.